The monoisotopic (exact) mass is 773 g/mol. The van der Waals surface area contributed by atoms with E-state index in [0.717, 1.165) is 44.9 Å². The van der Waals surface area contributed by atoms with Crippen molar-refractivity contribution in [1.29, 1.82) is 0 Å². The van der Waals surface area contributed by atoms with Gasteiger partial charge in [0, 0.05) is 12.8 Å². The normalized spacial score (nSPS) is 13.8. The lowest BCUT2D eigenvalue weighted by atomic mass is 10.1. The van der Waals surface area contributed by atoms with E-state index in [-0.39, 0.29) is 32.0 Å². The summed E-state index contributed by atoms with van der Waals surface area (Å²) in [5.74, 6) is -0.804. The molecule has 312 valence electrons. The zero-order valence-electron chi connectivity index (χ0n) is 35.0. The molecule has 0 saturated carbocycles. The number of likely N-dealkylation sites (N-methyl/N-ethyl adjacent to an activating group) is 1. The largest absolute Gasteiger partial charge is 0.472 e. The number of hydrogen-bond donors (Lipinski definition) is 1. The molecular weight excluding hydrogens is 689 g/mol. The summed E-state index contributed by atoms with van der Waals surface area (Å²) in [4.78, 5) is 35.2. The van der Waals surface area contributed by atoms with E-state index >= 15 is 0 Å². The Kier molecular flexibility index (Phi) is 35.1. The molecule has 0 spiro atoms. The van der Waals surface area contributed by atoms with Crippen molar-refractivity contribution in [2.24, 2.45) is 0 Å². The fourth-order valence-electron chi connectivity index (χ4n) is 5.81. The number of hydrogen-bond acceptors (Lipinski definition) is 7. The van der Waals surface area contributed by atoms with E-state index in [0.29, 0.717) is 17.4 Å². The summed E-state index contributed by atoms with van der Waals surface area (Å²) in [6.07, 6.45) is 38.1. The van der Waals surface area contributed by atoms with E-state index in [2.05, 4.69) is 38.2 Å². The Morgan fingerprint density at radius 3 is 1.49 bits per heavy atom. The third-order valence-electron chi connectivity index (χ3n) is 9.23. The third-order valence-corrected chi connectivity index (χ3v) is 10.2. The Bertz CT molecular complexity index is 964. The maximum Gasteiger partial charge on any atom is 0.472 e. The molecule has 0 bridgehead atoms. The van der Waals surface area contributed by atoms with Crippen LogP contribution >= 0.6 is 7.82 Å². The van der Waals surface area contributed by atoms with E-state index in [1.807, 2.05) is 21.1 Å². The second-order valence-electron chi connectivity index (χ2n) is 15.7. The van der Waals surface area contributed by atoms with Crippen molar-refractivity contribution in [1.82, 2.24) is 0 Å². The summed E-state index contributed by atoms with van der Waals surface area (Å²) in [7, 11) is 1.48. The van der Waals surface area contributed by atoms with Crippen molar-refractivity contribution in [3.8, 4) is 0 Å². The van der Waals surface area contributed by atoms with Crippen LogP contribution in [-0.4, -0.2) is 74.9 Å². The molecule has 0 amide bonds. The van der Waals surface area contributed by atoms with Crippen LogP contribution in [0.25, 0.3) is 0 Å². The van der Waals surface area contributed by atoms with Crippen LogP contribution in [0, 0.1) is 0 Å². The van der Waals surface area contributed by atoms with Crippen LogP contribution in [0.2, 0.25) is 0 Å². The van der Waals surface area contributed by atoms with Crippen LogP contribution < -0.4 is 0 Å². The van der Waals surface area contributed by atoms with Crippen molar-refractivity contribution in [2.45, 2.75) is 193 Å². The number of quaternary nitrogens is 1. The molecule has 0 aliphatic heterocycles. The van der Waals surface area contributed by atoms with Gasteiger partial charge in [-0.1, -0.05) is 154 Å². The van der Waals surface area contributed by atoms with Gasteiger partial charge in [0.1, 0.15) is 19.8 Å². The topological polar surface area (TPSA) is 108 Å². The number of phosphoric acid groups is 1. The predicted molar refractivity (Wildman–Crippen MR) is 220 cm³/mol. The number of carbonyl (C=O) groups is 2. The Morgan fingerprint density at radius 2 is 1.02 bits per heavy atom. The number of carbonyl (C=O) groups excluding carboxylic acids is 2. The van der Waals surface area contributed by atoms with E-state index in [1.165, 1.54) is 109 Å². The Morgan fingerprint density at radius 1 is 0.585 bits per heavy atom. The zero-order chi connectivity index (χ0) is 39.3. The molecule has 2 unspecified atom stereocenters. The number of esters is 2. The van der Waals surface area contributed by atoms with Crippen LogP contribution in [0.15, 0.2) is 24.3 Å². The average Bonchev–Trinajstić information content (AvgIpc) is 3.10. The number of allylic oxidation sites excluding steroid dienone is 4. The van der Waals surface area contributed by atoms with E-state index < -0.39 is 26.5 Å². The molecule has 0 aromatic carbocycles. The quantitative estimate of drug-likeness (QED) is 0.0216. The second-order valence-corrected chi connectivity index (χ2v) is 17.2. The summed E-state index contributed by atoms with van der Waals surface area (Å²) < 4.78 is 34.2. The van der Waals surface area contributed by atoms with Crippen molar-refractivity contribution in [2.75, 3.05) is 47.5 Å². The maximum atomic E-state index is 12.7. The summed E-state index contributed by atoms with van der Waals surface area (Å²) in [5.41, 5.74) is 0. The highest BCUT2D eigenvalue weighted by Crippen LogP contribution is 2.43. The van der Waals surface area contributed by atoms with Gasteiger partial charge in [-0.3, -0.25) is 18.6 Å². The van der Waals surface area contributed by atoms with Crippen LogP contribution in [-0.2, 0) is 32.7 Å². The molecule has 0 radical (unpaired) electrons. The van der Waals surface area contributed by atoms with Crippen molar-refractivity contribution in [3.05, 3.63) is 24.3 Å². The number of ether oxygens (including phenoxy) is 2. The van der Waals surface area contributed by atoms with Gasteiger partial charge in [0.05, 0.1) is 27.7 Å². The number of nitrogens with zero attached hydrogens (tertiary/aromatic N) is 1. The molecule has 0 saturated heterocycles. The van der Waals surface area contributed by atoms with Crippen molar-refractivity contribution < 1.29 is 42.1 Å². The molecule has 2 atom stereocenters. The summed E-state index contributed by atoms with van der Waals surface area (Å²) >= 11 is 0. The lowest BCUT2D eigenvalue weighted by Gasteiger charge is -2.24. The first-order chi connectivity index (χ1) is 25.5. The smallest absolute Gasteiger partial charge is 0.462 e. The first kappa shape index (κ1) is 51.5. The van der Waals surface area contributed by atoms with Crippen LogP contribution in [0.5, 0.6) is 0 Å². The average molecular weight is 773 g/mol. The Labute approximate surface area is 326 Å². The van der Waals surface area contributed by atoms with Crippen molar-refractivity contribution >= 4 is 19.8 Å². The summed E-state index contributed by atoms with van der Waals surface area (Å²) in [5, 5.41) is 0. The minimum absolute atomic E-state index is 0.0323. The van der Waals surface area contributed by atoms with Crippen LogP contribution in [0.4, 0.5) is 0 Å². The Hall–Kier alpha value is -1.51. The molecule has 0 aliphatic rings. The molecule has 0 aromatic rings. The van der Waals surface area contributed by atoms with Gasteiger partial charge in [-0.15, -0.1) is 0 Å². The highest BCUT2D eigenvalue weighted by molar-refractivity contribution is 7.47. The van der Waals surface area contributed by atoms with E-state index in [1.54, 1.807) is 0 Å². The molecule has 9 nitrogen and oxygen atoms in total. The molecule has 0 fully saturated rings. The lowest BCUT2D eigenvalue weighted by molar-refractivity contribution is -0.870. The van der Waals surface area contributed by atoms with Crippen LogP contribution in [0.1, 0.15) is 187 Å². The molecule has 0 heterocycles. The summed E-state index contributed by atoms with van der Waals surface area (Å²) in [6.45, 7) is 4.38. The van der Waals surface area contributed by atoms with Gasteiger partial charge in [0.15, 0.2) is 6.10 Å². The van der Waals surface area contributed by atoms with Gasteiger partial charge in [-0.05, 0) is 44.9 Å². The fourth-order valence-corrected chi connectivity index (χ4v) is 6.55. The van der Waals surface area contributed by atoms with Gasteiger partial charge in [-0.25, -0.2) is 4.57 Å². The number of unbranched alkanes of at least 4 members (excludes halogenated alkanes) is 21. The van der Waals surface area contributed by atoms with E-state index in [4.69, 9.17) is 18.5 Å². The zero-order valence-corrected chi connectivity index (χ0v) is 35.9. The molecule has 0 rings (SSSR count). The highest BCUT2D eigenvalue weighted by atomic mass is 31.2. The van der Waals surface area contributed by atoms with Gasteiger partial charge in [0.2, 0.25) is 0 Å². The summed E-state index contributed by atoms with van der Waals surface area (Å²) in [6, 6.07) is 0. The standard InChI is InChI=1S/C43H82NO8P/c1-6-8-10-12-14-16-17-18-19-20-21-22-23-24-25-26-27-28-30-32-34-36-43(46)52-41(40-51-53(47,48)50-38-37-44(3,4)5)39-49-42(45)35-33-31-29-15-13-11-9-7-2/h17-18,20-21,41H,6-16,19,22-40H2,1-5H3/p+1/b18-17-,21-20-. The molecule has 1 N–H and O–H groups in total. The molecule has 0 aromatic heterocycles. The Balaban J connectivity index is 4.25. The molecule has 53 heavy (non-hydrogen) atoms. The predicted octanol–water partition coefficient (Wildman–Crippen LogP) is 12.0. The molecule has 0 aliphatic carbocycles. The van der Waals surface area contributed by atoms with Crippen molar-refractivity contribution in [3.63, 3.8) is 0 Å². The molecule has 10 heteroatoms. The van der Waals surface area contributed by atoms with Gasteiger partial charge in [0.25, 0.3) is 0 Å². The number of rotatable bonds is 39. The van der Waals surface area contributed by atoms with E-state index in [9.17, 15) is 19.0 Å². The van der Waals surface area contributed by atoms with Crippen LogP contribution in [0.3, 0.4) is 0 Å². The van der Waals surface area contributed by atoms with Gasteiger partial charge < -0.3 is 18.9 Å². The minimum atomic E-state index is -4.37. The first-order valence-electron chi connectivity index (χ1n) is 21.6. The second kappa shape index (κ2) is 36.1. The lowest BCUT2D eigenvalue weighted by Crippen LogP contribution is -2.37. The van der Waals surface area contributed by atoms with Gasteiger partial charge >= 0.3 is 19.8 Å². The van der Waals surface area contributed by atoms with Gasteiger partial charge in [-0.2, -0.15) is 0 Å². The third kappa shape index (κ3) is 40.0. The SMILES string of the molecule is CCCCCCC/C=C\C/C=C\CCCCCCCCCCCC(=O)OC(COC(=O)CCCCCCCCCC)COP(=O)(O)OCC[N+](C)(C)C. The maximum absolute atomic E-state index is 12.7. The molecular formula is C43H83NO8P+. The highest BCUT2D eigenvalue weighted by Gasteiger charge is 2.27. The number of phosphoric ester groups is 1. The fraction of sp³-hybridized carbons (Fsp3) is 0.860. The minimum Gasteiger partial charge on any atom is -0.462 e. The first-order valence-corrected chi connectivity index (χ1v) is 23.1.